The van der Waals surface area contributed by atoms with E-state index in [1.807, 2.05) is 18.7 Å². The molecule has 0 N–H and O–H groups in total. The minimum absolute atomic E-state index is 0.0748. The third-order valence-electron chi connectivity index (χ3n) is 2.79. The van der Waals surface area contributed by atoms with Crippen molar-refractivity contribution >= 4 is 17.3 Å². The van der Waals surface area contributed by atoms with Crippen LogP contribution < -0.4 is 4.90 Å². The topological polar surface area (TPSA) is 72.7 Å². The Morgan fingerprint density at radius 1 is 1.32 bits per heavy atom. The average Bonchev–Trinajstić information content (AvgIpc) is 2.40. The molecule has 1 aromatic carbocycles. The molecule has 6 heteroatoms. The lowest BCUT2D eigenvalue weighted by molar-refractivity contribution is -0.384. The van der Waals surface area contributed by atoms with Crippen LogP contribution in [-0.2, 0) is 4.74 Å². The summed E-state index contributed by atoms with van der Waals surface area (Å²) in [4.78, 5) is 24.1. The Hall–Kier alpha value is -2.11. The molecule has 104 valence electrons. The number of benzene rings is 1. The molecule has 19 heavy (non-hydrogen) atoms. The average molecular weight is 266 g/mol. The van der Waals surface area contributed by atoms with Crippen LogP contribution in [0.15, 0.2) is 18.2 Å². The first kappa shape index (κ1) is 14.9. The lowest BCUT2D eigenvalue weighted by atomic mass is 10.1. The number of nitro benzene ring substituents is 1. The first-order chi connectivity index (χ1) is 9.04. The van der Waals surface area contributed by atoms with Gasteiger partial charge in [-0.2, -0.15) is 0 Å². The van der Waals surface area contributed by atoms with Gasteiger partial charge in [-0.1, -0.05) is 0 Å². The van der Waals surface area contributed by atoms with Crippen LogP contribution in [0, 0.1) is 10.1 Å². The van der Waals surface area contributed by atoms with Crippen molar-refractivity contribution in [2.75, 3.05) is 24.6 Å². The van der Waals surface area contributed by atoms with E-state index in [-0.39, 0.29) is 17.9 Å². The fourth-order valence-electron chi connectivity index (χ4n) is 1.84. The summed E-state index contributed by atoms with van der Waals surface area (Å²) in [5.74, 6) is -0.545. The van der Waals surface area contributed by atoms with Crippen LogP contribution in [-0.4, -0.2) is 30.6 Å². The zero-order valence-electron chi connectivity index (χ0n) is 11.4. The molecular weight excluding hydrogens is 248 g/mol. The Kier molecular flexibility index (Phi) is 5.29. The van der Waals surface area contributed by atoms with Gasteiger partial charge in [0, 0.05) is 19.2 Å². The molecule has 0 heterocycles. The van der Waals surface area contributed by atoms with Crippen LogP contribution in [0.25, 0.3) is 0 Å². The summed E-state index contributed by atoms with van der Waals surface area (Å²) >= 11 is 0. The molecule has 0 aliphatic heterocycles. The Morgan fingerprint density at radius 2 is 1.95 bits per heavy atom. The van der Waals surface area contributed by atoms with Crippen molar-refractivity contribution in [3.05, 3.63) is 33.9 Å². The Bertz CT molecular complexity index is 470. The molecule has 0 saturated carbocycles. The maximum absolute atomic E-state index is 11.6. The van der Waals surface area contributed by atoms with Crippen molar-refractivity contribution in [1.82, 2.24) is 0 Å². The summed E-state index contributed by atoms with van der Waals surface area (Å²) < 4.78 is 4.84. The molecule has 0 amide bonds. The largest absolute Gasteiger partial charge is 0.462 e. The van der Waals surface area contributed by atoms with Crippen molar-refractivity contribution in [3.63, 3.8) is 0 Å². The summed E-state index contributed by atoms with van der Waals surface area (Å²) in [5, 5.41) is 11.1. The second-order valence-electron chi connectivity index (χ2n) is 3.85. The van der Waals surface area contributed by atoms with Gasteiger partial charge in [0.1, 0.15) is 5.69 Å². The van der Waals surface area contributed by atoms with E-state index in [1.165, 1.54) is 6.07 Å². The fraction of sp³-hybridized carbons (Fsp3) is 0.462. The number of hydrogen-bond donors (Lipinski definition) is 0. The van der Waals surface area contributed by atoms with Crippen molar-refractivity contribution in [2.24, 2.45) is 0 Å². The highest BCUT2D eigenvalue weighted by Gasteiger charge is 2.20. The standard InChI is InChI=1S/C13H18N2O4/c1-4-14(5-2)11-8-7-10(13(16)19-6-3)9-12(11)15(17)18/h7-9H,4-6H2,1-3H3. The lowest BCUT2D eigenvalue weighted by Gasteiger charge is -2.20. The SMILES string of the molecule is CCOC(=O)c1ccc(N(CC)CC)c([N+](=O)[O-])c1. The highest BCUT2D eigenvalue weighted by Crippen LogP contribution is 2.29. The number of ether oxygens (including phenoxy) is 1. The Morgan fingerprint density at radius 3 is 2.42 bits per heavy atom. The van der Waals surface area contributed by atoms with E-state index < -0.39 is 10.9 Å². The van der Waals surface area contributed by atoms with Crippen LogP contribution in [0.3, 0.4) is 0 Å². The molecule has 0 spiro atoms. The molecule has 0 fully saturated rings. The van der Waals surface area contributed by atoms with Gasteiger partial charge in [-0.25, -0.2) is 4.79 Å². The first-order valence-corrected chi connectivity index (χ1v) is 6.25. The van der Waals surface area contributed by atoms with E-state index in [4.69, 9.17) is 4.74 Å². The van der Waals surface area contributed by atoms with Gasteiger partial charge in [0.15, 0.2) is 0 Å². The van der Waals surface area contributed by atoms with Gasteiger partial charge in [-0.05, 0) is 32.9 Å². The minimum atomic E-state index is -0.545. The van der Waals surface area contributed by atoms with Crippen LogP contribution in [0.2, 0.25) is 0 Å². The minimum Gasteiger partial charge on any atom is -0.462 e. The Balaban J connectivity index is 3.22. The highest BCUT2D eigenvalue weighted by molar-refractivity contribution is 5.91. The molecule has 1 aromatic rings. The van der Waals surface area contributed by atoms with Crippen molar-refractivity contribution in [1.29, 1.82) is 0 Å². The van der Waals surface area contributed by atoms with Gasteiger partial charge in [-0.15, -0.1) is 0 Å². The maximum atomic E-state index is 11.6. The molecule has 0 saturated heterocycles. The molecule has 0 unspecified atom stereocenters. The molecule has 0 bridgehead atoms. The third-order valence-corrected chi connectivity index (χ3v) is 2.79. The van der Waals surface area contributed by atoms with Gasteiger partial charge in [0.25, 0.3) is 5.69 Å². The predicted molar refractivity (Wildman–Crippen MR) is 72.6 cm³/mol. The van der Waals surface area contributed by atoms with Gasteiger partial charge in [0.05, 0.1) is 17.1 Å². The number of esters is 1. The van der Waals surface area contributed by atoms with Crippen molar-refractivity contribution in [3.8, 4) is 0 Å². The van der Waals surface area contributed by atoms with Gasteiger partial charge >= 0.3 is 5.97 Å². The monoisotopic (exact) mass is 266 g/mol. The van der Waals surface area contributed by atoms with Crippen LogP contribution in [0.4, 0.5) is 11.4 Å². The number of hydrogen-bond acceptors (Lipinski definition) is 5. The molecule has 0 aliphatic carbocycles. The first-order valence-electron chi connectivity index (χ1n) is 6.25. The normalized spacial score (nSPS) is 10.1. The number of rotatable bonds is 6. The Labute approximate surface area is 112 Å². The van der Waals surface area contributed by atoms with Gasteiger partial charge in [-0.3, -0.25) is 10.1 Å². The van der Waals surface area contributed by atoms with Crippen molar-refractivity contribution < 1.29 is 14.5 Å². The molecular formula is C13H18N2O4. The summed E-state index contributed by atoms with van der Waals surface area (Å²) in [5.41, 5.74) is 0.641. The van der Waals surface area contributed by atoms with Crippen LogP contribution in [0.5, 0.6) is 0 Å². The van der Waals surface area contributed by atoms with E-state index in [0.717, 1.165) is 0 Å². The van der Waals surface area contributed by atoms with E-state index >= 15 is 0 Å². The number of anilines is 1. The predicted octanol–water partition coefficient (Wildman–Crippen LogP) is 2.62. The molecule has 0 atom stereocenters. The second-order valence-corrected chi connectivity index (χ2v) is 3.85. The smallest absolute Gasteiger partial charge is 0.338 e. The van der Waals surface area contributed by atoms with Crippen molar-refractivity contribution in [2.45, 2.75) is 20.8 Å². The van der Waals surface area contributed by atoms with Crippen LogP contribution >= 0.6 is 0 Å². The van der Waals surface area contributed by atoms with Gasteiger partial charge < -0.3 is 9.64 Å². The summed E-state index contributed by atoms with van der Waals surface area (Å²) in [6.45, 7) is 7.10. The van der Waals surface area contributed by atoms with Gasteiger partial charge in [0.2, 0.25) is 0 Å². The number of carbonyl (C=O) groups excluding carboxylic acids is 1. The van der Waals surface area contributed by atoms with E-state index in [2.05, 4.69) is 0 Å². The zero-order valence-corrected chi connectivity index (χ0v) is 11.4. The lowest BCUT2D eigenvalue weighted by Crippen LogP contribution is -2.23. The molecule has 6 nitrogen and oxygen atoms in total. The zero-order chi connectivity index (χ0) is 14.4. The molecule has 0 aromatic heterocycles. The molecule has 0 radical (unpaired) electrons. The summed E-state index contributed by atoms with van der Waals surface area (Å²) in [6.07, 6.45) is 0. The van der Waals surface area contributed by atoms with E-state index in [1.54, 1.807) is 19.1 Å². The number of nitrogens with zero attached hydrogens (tertiary/aromatic N) is 2. The van der Waals surface area contributed by atoms with E-state index in [0.29, 0.717) is 18.8 Å². The number of nitro groups is 1. The molecule has 0 aliphatic rings. The quantitative estimate of drug-likeness (QED) is 0.449. The highest BCUT2D eigenvalue weighted by atomic mass is 16.6. The molecule has 1 rings (SSSR count). The maximum Gasteiger partial charge on any atom is 0.338 e. The van der Waals surface area contributed by atoms with Crippen LogP contribution in [0.1, 0.15) is 31.1 Å². The fourth-order valence-corrected chi connectivity index (χ4v) is 1.84. The second kappa shape index (κ2) is 6.72. The number of carbonyl (C=O) groups is 1. The summed E-state index contributed by atoms with van der Waals surface area (Å²) in [6, 6.07) is 4.42. The summed E-state index contributed by atoms with van der Waals surface area (Å²) in [7, 11) is 0. The third kappa shape index (κ3) is 3.43. The van der Waals surface area contributed by atoms with E-state index in [9.17, 15) is 14.9 Å².